The van der Waals surface area contributed by atoms with Crippen molar-refractivity contribution in [3.8, 4) is 0 Å². The Kier molecular flexibility index (Phi) is 3.31. The zero-order valence-electron chi connectivity index (χ0n) is 11.6. The topological polar surface area (TPSA) is 32.3 Å². The van der Waals surface area contributed by atoms with Crippen LogP contribution in [0.15, 0.2) is 30.3 Å². The highest BCUT2D eigenvalue weighted by Crippen LogP contribution is 2.33. The van der Waals surface area contributed by atoms with Gasteiger partial charge in [-0.05, 0) is 31.9 Å². The van der Waals surface area contributed by atoms with E-state index in [4.69, 9.17) is 0 Å². The fraction of sp³-hybridized carbons (Fsp3) is 0.562. The number of hydrogen-bond acceptors (Lipinski definition) is 2. The molecule has 3 heteroatoms. The predicted molar refractivity (Wildman–Crippen MR) is 76.0 cm³/mol. The lowest BCUT2D eigenvalue weighted by atomic mass is 9.88. The maximum absolute atomic E-state index is 12.6. The third-order valence-electron chi connectivity index (χ3n) is 4.63. The summed E-state index contributed by atoms with van der Waals surface area (Å²) in [7, 11) is 0. The van der Waals surface area contributed by atoms with Crippen LogP contribution in [0, 0.1) is 5.41 Å². The normalized spacial score (nSPS) is 30.8. The van der Waals surface area contributed by atoms with Gasteiger partial charge in [-0.3, -0.25) is 4.79 Å². The van der Waals surface area contributed by atoms with Gasteiger partial charge in [-0.15, -0.1) is 0 Å². The average molecular weight is 258 g/mol. The molecule has 1 aromatic rings. The second kappa shape index (κ2) is 4.97. The van der Waals surface area contributed by atoms with Gasteiger partial charge in [0.1, 0.15) is 0 Å². The fourth-order valence-electron chi connectivity index (χ4n) is 3.32. The molecule has 0 aliphatic carbocycles. The summed E-state index contributed by atoms with van der Waals surface area (Å²) in [6.45, 7) is 5.70. The Morgan fingerprint density at radius 3 is 2.84 bits per heavy atom. The van der Waals surface area contributed by atoms with Crippen LogP contribution in [0.5, 0.6) is 0 Å². The summed E-state index contributed by atoms with van der Waals surface area (Å²) in [6.07, 6.45) is 2.07. The molecular weight excluding hydrogens is 236 g/mol. The molecule has 1 amide bonds. The summed E-state index contributed by atoms with van der Waals surface area (Å²) >= 11 is 0. The molecule has 3 rings (SSSR count). The van der Waals surface area contributed by atoms with Gasteiger partial charge in [0.15, 0.2) is 0 Å². The van der Waals surface area contributed by atoms with Crippen molar-refractivity contribution in [2.24, 2.45) is 5.41 Å². The lowest BCUT2D eigenvalue weighted by molar-refractivity contribution is -0.139. The highest BCUT2D eigenvalue weighted by molar-refractivity contribution is 5.83. The number of rotatable bonds is 2. The first-order valence-electron chi connectivity index (χ1n) is 7.24. The summed E-state index contributed by atoms with van der Waals surface area (Å²) in [6, 6.07) is 10.6. The first-order valence-corrected chi connectivity index (χ1v) is 7.24. The van der Waals surface area contributed by atoms with Crippen molar-refractivity contribution in [2.45, 2.75) is 25.7 Å². The highest BCUT2D eigenvalue weighted by Gasteiger charge is 2.41. The number of likely N-dealkylation sites (tertiary alicyclic amines) is 1. The van der Waals surface area contributed by atoms with Gasteiger partial charge >= 0.3 is 0 Å². The van der Waals surface area contributed by atoms with E-state index in [9.17, 15) is 4.79 Å². The molecule has 0 radical (unpaired) electrons. The quantitative estimate of drug-likeness (QED) is 0.880. The molecule has 0 bridgehead atoms. The van der Waals surface area contributed by atoms with E-state index in [1.165, 1.54) is 5.56 Å². The number of benzene rings is 1. The number of carbonyl (C=O) groups excluding carboxylic acids is 1. The smallest absolute Gasteiger partial charge is 0.229 e. The van der Waals surface area contributed by atoms with Crippen LogP contribution in [0.2, 0.25) is 0 Å². The van der Waals surface area contributed by atoms with Crippen molar-refractivity contribution >= 4 is 5.91 Å². The molecule has 0 saturated carbocycles. The molecule has 2 unspecified atom stereocenters. The number of hydrogen-bond donors (Lipinski definition) is 1. The van der Waals surface area contributed by atoms with Crippen LogP contribution in [-0.4, -0.2) is 37.0 Å². The highest BCUT2D eigenvalue weighted by atomic mass is 16.2. The van der Waals surface area contributed by atoms with Crippen LogP contribution in [0.1, 0.15) is 31.2 Å². The van der Waals surface area contributed by atoms with E-state index in [0.29, 0.717) is 11.8 Å². The molecule has 102 valence electrons. The van der Waals surface area contributed by atoms with E-state index < -0.39 is 0 Å². The van der Waals surface area contributed by atoms with Crippen LogP contribution >= 0.6 is 0 Å². The van der Waals surface area contributed by atoms with E-state index >= 15 is 0 Å². The van der Waals surface area contributed by atoms with Crippen molar-refractivity contribution in [3.05, 3.63) is 35.9 Å². The van der Waals surface area contributed by atoms with Crippen LogP contribution in [0.4, 0.5) is 0 Å². The van der Waals surface area contributed by atoms with Crippen LogP contribution in [0.3, 0.4) is 0 Å². The molecular formula is C16H22N2O. The zero-order chi connectivity index (χ0) is 13.3. The first-order chi connectivity index (χ1) is 9.19. The maximum atomic E-state index is 12.6. The zero-order valence-corrected chi connectivity index (χ0v) is 11.6. The second-order valence-electron chi connectivity index (χ2n) is 6.13. The van der Waals surface area contributed by atoms with Gasteiger partial charge in [0, 0.05) is 25.6 Å². The predicted octanol–water partition coefficient (Wildman–Crippen LogP) is 2.00. The number of carbonyl (C=O) groups is 1. The number of nitrogens with zero attached hydrogens (tertiary/aromatic N) is 1. The van der Waals surface area contributed by atoms with Crippen molar-refractivity contribution in [1.82, 2.24) is 10.2 Å². The van der Waals surface area contributed by atoms with Crippen molar-refractivity contribution in [1.29, 1.82) is 0 Å². The Bertz CT molecular complexity index is 451. The monoisotopic (exact) mass is 258 g/mol. The van der Waals surface area contributed by atoms with Crippen LogP contribution in [-0.2, 0) is 4.79 Å². The Labute approximate surface area is 115 Å². The third-order valence-corrected chi connectivity index (χ3v) is 4.63. The van der Waals surface area contributed by atoms with Gasteiger partial charge < -0.3 is 10.2 Å². The molecule has 2 heterocycles. The van der Waals surface area contributed by atoms with E-state index in [-0.39, 0.29) is 5.41 Å². The van der Waals surface area contributed by atoms with Crippen molar-refractivity contribution < 1.29 is 4.79 Å². The van der Waals surface area contributed by atoms with Gasteiger partial charge in [-0.2, -0.15) is 0 Å². The minimum Gasteiger partial charge on any atom is -0.342 e. The Morgan fingerprint density at radius 1 is 1.37 bits per heavy atom. The fourth-order valence-corrected chi connectivity index (χ4v) is 3.32. The van der Waals surface area contributed by atoms with Crippen LogP contribution in [0.25, 0.3) is 0 Å². The number of amides is 1. The van der Waals surface area contributed by atoms with E-state index in [1.807, 2.05) is 6.07 Å². The third kappa shape index (κ3) is 2.39. The van der Waals surface area contributed by atoms with Crippen LogP contribution < -0.4 is 5.32 Å². The standard InChI is InChI=1S/C16H22N2O/c1-16(8-9-17-12-16)15(19)18-10-7-14(11-18)13-5-3-2-4-6-13/h2-6,14,17H,7-12H2,1H3. The maximum Gasteiger partial charge on any atom is 0.229 e. The van der Waals surface area contributed by atoms with Crippen molar-refractivity contribution in [3.63, 3.8) is 0 Å². The van der Waals surface area contributed by atoms with Gasteiger partial charge in [-0.1, -0.05) is 30.3 Å². The first kappa shape index (κ1) is 12.7. The number of nitrogens with one attached hydrogen (secondary N) is 1. The van der Waals surface area contributed by atoms with Gasteiger partial charge in [0.05, 0.1) is 5.41 Å². The Morgan fingerprint density at radius 2 is 2.16 bits per heavy atom. The molecule has 3 nitrogen and oxygen atoms in total. The van der Waals surface area contributed by atoms with E-state index in [0.717, 1.165) is 39.0 Å². The summed E-state index contributed by atoms with van der Waals surface area (Å²) in [5.41, 5.74) is 1.19. The SMILES string of the molecule is CC1(C(=O)N2CCC(c3ccccc3)C2)CCNC1. The molecule has 2 aliphatic heterocycles. The molecule has 19 heavy (non-hydrogen) atoms. The molecule has 1 aromatic carbocycles. The largest absolute Gasteiger partial charge is 0.342 e. The van der Waals surface area contributed by atoms with E-state index in [1.54, 1.807) is 0 Å². The molecule has 2 aliphatic rings. The molecule has 0 aromatic heterocycles. The summed E-state index contributed by atoms with van der Waals surface area (Å²) in [5.74, 6) is 0.860. The van der Waals surface area contributed by atoms with Crippen molar-refractivity contribution in [2.75, 3.05) is 26.2 Å². The summed E-state index contributed by atoms with van der Waals surface area (Å²) < 4.78 is 0. The Balaban J connectivity index is 1.67. The van der Waals surface area contributed by atoms with E-state index in [2.05, 4.69) is 41.4 Å². The minimum absolute atomic E-state index is 0.175. The minimum atomic E-state index is -0.175. The summed E-state index contributed by atoms with van der Waals surface area (Å²) in [4.78, 5) is 14.7. The lowest BCUT2D eigenvalue weighted by Crippen LogP contribution is -2.42. The average Bonchev–Trinajstić information content (AvgIpc) is 3.09. The van der Waals surface area contributed by atoms with Gasteiger partial charge in [0.25, 0.3) is 0 Å². The van der Waals surface area contributed by atoms with Gasteiger partial charge in [-0.25, -0.2) is 0 Å². The molecule has 2 saturated heterocycles. The molecule has 2 fully saturated rings. The molecule has 0 spiro atoms. The van der Waals surface area contributed by atoms with Gasteiger partial charge in [0.2, 0.25) is 5.91 Å². The molecule has 2 atom stereocenters. The second-order valence-corrected chi connectivity index (χ2v) is 6.13. The Hall–Kier alpha value is -1.35. The lowest BCUT2D eigenvalue weighted by Gasteiger charge is -2.28. The molecule has 1 N–H and O–H groups in total. The summed E-state index contributed by atoms with van der Waals surface area (Å²) in [5, 5.41) is 3.31.